The molecule has 120 valence electrons. The lowest BCUT2D eigenvalue weighted by atomic mass is 10.1. The van der Waals surface area contributed by atoms with Crippen molar-refractivity contribution in [2.75, 3.05) is 6.54 Å². The number of aliphatic carboxylic acids is 2. The molecule has 0 radical (unpaired) electrons. The van der Waals surface area contributed by atoms with E-state index in [4.69, 9.17) is 21.7 Å². The Morgan fingerprint density at radius 2 is 1.81 bits per heavy atom. The van der Waals surface area contributed by atoms with Gasteiger partial charge in [-0.25, -0.2) is 4.79 Å². The second-order valence-corrected chi connectivity index (χ2v) is 4.60. The molecule has 0 spiro atoms. The smallest absolute Gasteiger partial charge is 0.326 e. The van der Waals surface area contributed by atoms with Crippen LogP contribution in [0.25, 0.3) is 0 Å². The lowest BCUT2D eigenvalue weighted by Gasteiger charge is -2.16. The fourth-order valence-corrected chi connectivity index (χ4v) is 1.56. The highest BCUT2D eigenvalue weighted by Crippen LogP contribution is 2.01. The van der Waals surface area contributed by atoms with Gasteiger partial charge >= 0.3 is 11.9 Å². The molecule has 0 bridgehead atoms. The molecule has 8 heteroatoms. The van der Waals surface area contributed by atoms with Gasteiger partial charge in [-0.1, -0.05) is 18.6 Å². The summed E-state index contributed by atoms with van der Waals surface area (Å²) in [6.07, 6.45) is 4.44. The Balaban J connectivity index is 4.29. The Hall–Kier alpha value is -1.93. The Morgan fingerprint density at radius 3 is 2.33 bits per heavy atom. The van der Waals surface area contributed by atoms with Gasteiger partial charge in [0, 0.05) is 0 Å². The van der Waals surface area contributed by atoms with Gasteiger partial charge < -0.3 is 27.0 Å². The van der Waals surface area contributed by atoms with Crippen LogP contribution in [0.5, 0.6) is 0 Å². The lowest BCUT2D eigenvalue weighted by Crippen LogP contribution is -2.48. The molecule has 0 aliphatic heterocycles. The van der Waals surface area contributed by atoms with Crippen LogP contribution < -0.4 is 16.8 Å². The monoisotopic (exact) mass is 301 g/mol. The molecular weight excluding hydrogens is 278 g/mol. The third-order valence-corrected chi connectivity index (χ3v) is 2.75. The van der Waals surface area contributed by atoms with Crippen LogP contribution in [0.2, 0.25) is 0 Å². The zero-order valence-corrected chi connectivity index (χ0v) is 11.8. The average Bonchev–Trinajstić information content (AvgIpc) is 2.41. The van der Waals surface area contributed by atoms with E-state index in [1.807, 2.05) is 0 Å². The van der Waals surface area contributed by atoms with Crippen LogP contribution in [-0.2, 0) is 14.4 Å². The van der Waals surface area contributed by atoms with Crippen LogP contribution in [-0.4, -0.2) is 46.7 Å². The topological polar surface area (TPSA) is 156 Å². The number of carbonyl (C=O) groups excluding carboxylic acids is 1. The number of hydrogen-bond donors (Lipinski definition) is 5. The Labute approximate surface area is 123 Å². The van der Waals surface area contributed by atoms with Crippen molar-refractivity contribution in [1.82, 2.24) is 5.32 Å². The summed E-state index contributed by atoms with van der Waals surface area (Å²) in [7, 11) is 0. The second kappa shape index (κ2) is 10.8. The van der Waals surface area contributed by atoms with Crippen LogP contribution in [0.4, 0.5) is 0 Å². The minimum atomic E-state index is -1.20. The van der Waals surface area contributed by atoms with Crippen molar-refractivity contribution in [3.63, 3.8) is 0 Å². The molecule has 8 nitrogen and oxygen atoms in total. The number of carboxylic acid groups (broad SMARTS) is 2. The van der Waals surface area contributed by atoms with Crippen LogP contribution in [0.3, 0.4) is 0 Å². The Bertz CT molecular complexity index is 384. The van der Waals surface area contributed by atoms with Crippen molar-refractivity contribution >= 4 is 17.8 Å². The summed E-state index contributed by atoms with van der Waals surface area (Å²) in [5.41, 5.74) is 11.0. The van der Waals surface area contributed by atoms with E-state index in [9.17, 15) is 14.4 Å². The van der Waals surface area contributed by atoms with Crippen LogP contribution in [0, 0.1) is 0 Å². The van der Waals surface area contributed by atoms with Gasteiger partial charge in [0.05, 0.1) is 12.5 Å². The maximum absolute atomic E-state index is 11.7. The highest BCUT2D eigenvalue weighted by atomic mass is 16.4. The van der Waals surface area contributed by atoms with E-state index in [1.165, 1.54) is 12.2 Å². The molecule has 1 amide bonds. The van der Waals surface area contributed by atoms with Crippen LogP contribution in [0.1, 0.15) is 32.1 Å². The maximum atomic E-state index is 11.7. The van der Waals surface area contributed by atoms with E-state index in [0.717, 1.165) is 6.42 Å². The van der Waals surface area contributed by atoms with Gasteiger partial charge in [-0.3, -0.25) is 9.59 Å². The summed E-state index contributed by atoms with van der Waals surface area (Å²) in [6.45, 7) is 0.514. The predicted molar refractivity (Wildman–Crippen MR) is 76.5 cm³/mol. The summed E-state index contributed by atoms with van der Waals surface area (Å²) in [6, 6.07) is -1.90. The first kappa shape index (κ1) is 19.1. The molecule has 0 rings (SSSR count). The molecule has 21 heavy (non-hydrogen) atoms. The maximum Gasteiger partial charge on any atom is 0.326 e. The largest absolute Gasteiger partial charge is 0.481 e. The predicted octanol–water partition coefficient (Wildman–Crippen LogP) is -0.567. The molecule has 0 saturated carbocycles. The molecule has 0 aliphatic carbocycles. The molecule has 0 saturated heterocycles. The number of carboxylic acids is 2. The third-order valence-electron chi connectivity index (χ3n) is 2.75. The first-order valence-electron chi connectivity index (χ1n) is 6.74. The second-order valence-electron chi connectivity index (χ2n) is 4.60. The highest BCUT2D eigenvalue weighted by molar-refractivity contribution is 5.86. The van der Waals surface area contributed by atoms with E-state index in [0.29, 0.717) is 19.4 Å². The lowest BCUT2D eigenvalue weighted by molar-refractivity contribution is -0.141. The number of nitrogens with one attached hydrogen (secondary N) is 1. The van der Waals surface area contributed by atoms with Crippen molar-refractivity contribution in [2.24, 2.45) is 11.5 Å². The summed E-state index contributed by atoms with van der Waals surface area (Å²) in [4.78, 5) is 33.1. The fourth-order valence-electron chi connectivity index (χ4n) is 1.56. The quantitative estimate of drug-likeness (QED) is 0.253. The van der Waals surface area contributed by atoms with Crippen LogP contribution >= 0.6 is 0 Å². The third kappa shape index (κ3) is 9.58. The van der Waals surface area contributed by atoms with Crippen molar-refractivity contribution in [2.45, 2.75) is 44.2 Å². The van der Waals surface area contributed by atoms with Gasteiger partial charge in [-0.15, -0.1) is 0 Å². The first-order valence-corrected chi connectivity index (χ1v) is 6.74. The number of nitrogens with two attached hydrogens (primary N) is 2. The summed E-state index contributed by atoms with van der Waals surface area (Å²) in [5, 5.41) is 19.8. The summed E-state index contributed by atoms with van der Waals surface area (Å²) in [5.74, 6) is -2.74. The number of amides is 1. The normalized spacial score (nSPS) is 13.8. The average molecular weight is 301 g/mol. The van der Waals surface area contributed by atoms with Gasteiger partial charge in [-0.05, 0) is 25.8 Å². The highest BCUT2D eigenvalue weighted by Gasteiger charge is 2.21. The summed E-state index contributed by atoms with van der Waals surface area (Å²) < 4.78 is 0. The van der Waals surface area contributed by atoms with E-state index < -0.39 is 29.9 Å². The minimum absolute atomic E-state index is 0.00384. The molecule has 0 fully saturated rings. The van der Waals surface area contributed by atoms with E-state index in [-0.39, 0.29) is 12.8 Å². The molecule has 0 aliphatic rings. The summed E-state index contributed by atoms with van der Waals surface area (Å²) >= 11 is 0. The van der Waals surface area contributed by atoms with Gasteiger partial charge in [0.15, 0.2) is 0 Å². The molecule has 0 heterocycles. The van der Waals surface area contributed by atoms with E-state index >= 15 is 0 Å². The number of hydrogen-bond acceptors (Lipinski definition) is 5. The van der Waals surface area contributed by atoms with Crippen molar-refractivity contribution in [1.29, 1.82) is 0 Å². The standard InChI is InChI=1S/C13H23N3O5/c14-8-4-3-5-9(15)12(19)16-10(13(20)21)6-1-2-7-11(17)18/h1-2,9-10H,3-8,14-15H2,(H,16,19)(H,17,18)(H,20,21)/b2-1+. The fraction of sp³-hybridized carbons (Fsp3) is 0.615. The number of unbranched alkanes of at least 4 members (excludes halogenated alkanes) is 1. The molecule has 7 N–H and O–H groups in total. The molecular formula is C13H23N3O5. The van der Waals surface area contributed by atoms with Gasteiger partial charge in [0.2, 0.25) is 5.91 Å². The Morgan fingerprint density at radius 1 is 1.14 bits per heavy atom. The zero-order valence-electron chi connectivity index (χ0n) is 11.8. The molecule has 0 aromatic carbocycles. The number of carbonyl (C=O) groups is 3. The van der Waals surface area contributed by atoms with Gasteiger partial charge in [0.1, 0.15) is 6.04 Å². The first-order chi connectivity index (χ1) is 9.88. The SMILES string of the molecule is NCCCCC(N)C(=O)NC(C/C=C/CC(=O)O)C(=O)O. The van der Waals surface area contributed by atoms with E-state index in [2.05, 4.69) is 5.32 Å². The van der Waals surface area contributed by atoms with Gasteiger partial charge in [0.25, 0.3) is 0 Å². The molecule has 0 aromatic rings. The molecule has 2 atom stereocenters. The van der Waals surface area contributed by atoms with Crippen molar-refractivity contribution in [3.8, 4) is 0 Å². The van der Waals surface area contributed by atoms with E-state index in [1.54, 1.807) is 0 Å². The van der Waals surface area contributed by atoms with Crippen molar-refractivity contribution in [3.05, 3.63) is 12.2 Å². The minimum Gasteiger partial charge on any atom is -0.481 e. The van der Waals surface area contributed by atoms with Crippen molar-refractivity contribution < 1.29 is 24.6 Å². The Kier molecular flexibility index (Phi) is 9.82. The van der Waals surface area contributed by atoms with Crippen LogP contribution in [0.15, 0.2) is 12.2 Å². The molecule has 0 aromatic heterocycles. The zero-order chi connectivity index (χ0) is 16.3. The molecule has 2 unspecified atom stereocenters. The number of rotatable bonds is 11. The van der Waals surface area contributed by atoms with Gasteiger partial charge in [-0.2, -0.15) is 0 Å².